The Morgan fingerprint density at radius 2 is 2.06 bits per heavy atom. The lowest BCUT2D eigenvalue weighted by Crippen LogP contribution is -2.01. The number of phenols is 2. The van der Waals surface area contributed by atoms with Crippen molar-refractivity contribution in [3.8, 4) is 23.0 Å². The first-order valence-electron chi connectivity index (χ1n) is 5.45. The summed E-state index contributed by atoms with van der Waals surface area (Å²) in [6.45, 7) is 2.07. The Kier molecular flexibility index (Phi) is 1.92. The summed E-state index contributed by atoms with van der Waals surface area (Å²) in [6, 6.07) is 4.20. The van der Waals surface area contributed by atoms with Crippen molar-refractivity contribution in [2.45, 2.75) is 25.2 Å². The number of hydrogen-bond acceptors (Lipinski definition) is 5. The summed E-state index contributed by atoms with van der Waals surface area (Å²) in [6.07, 6.45) is 2.11. The first-order valence-corrected chi connectivity index (χ1v) is 5.45. The maximum atomic E-state index is 9.68. The van der Waals surface area contributed by atoms with Gasteiger partial charge in [0.2, 0.25) is 0 Å². The molecule has 0 unspecified atom stereocenters. The zero-order valence-electron chi connectivity index (χ0n) is 9.34. The topological polar surface area (TPSA) is 79.4 Å². The lowest BCUT2D eigenvalue weighted by atomic mass is 10.1. The van der Waals surface area contributed by atoms with Gasteiger partial charge in [-0.3, -0.25) is 0 Å². The van der Waals surface area contributed by atoms with Gasteiger partial charge in [0.25, 0.3) is 5.89 Å². The molecule has 1 saturated carbocycles. The third kappa shape index (κ3) is 1.63. The summed E-state index contributed by atoms with van der Waals surface area (Å²) in [4.78, 5) is 4.27. The Morgan fingerprint density at radius 1 is 1.29 bits per heavy atom. The van der Waals surface area contributed by atoms with Gasteiger partial charge in [-0.1, -0.05) is 12.1 Å². The molecule has 1 aromatic carbocycles. The van der Waals surface area contributed by atoms with Crippen molar-refractivity contribution in [1.29, 1.82) is 0 Å². The van der Waals surface area contributed by atoms with Crippen molar-refractivity contribution in [1.82, 2.24) is 10.1 Å². The number of phenolic OH excluding ortho intramolecular Hbond substituents is 2. The predicted octanol–water partition coefficient (Wildman–Crippen LogP) is 2.20. The molecule has 17 heavy (non-hydrogen) atoms. The zero-order valence-corrected chi connectivity index (χ0v) is 9.34. The van der Waals surface area contributed by atoms with Crippen LogP contribution in [0.15, 0.2) is 22.7 Å². The molecule has 0 aliphatic heterocycles. The summed E-state index contributed by atoms with van der Waals surface area (Å²) in [5.74, 6) is 0.964. The summed E-state index contributed by atoms with van der Waals surface area (Å²) < 4.78 is 5.12. The Balaban J connectivity index is 2.03. The second kappa shape index (κ2) is 3.23. The van der Waals surface area contributed by atoms with Gasteiger partial charge in [-0.2, -0.15) is 4.98 Å². The fourth-order valence-electron chi connectivity index (χ4n) is 1.68. The van der Waals surface area contributed by atoms with E-state index in [1.807, 2.05) is 0 Å². The minimum atomic E-state index is 0.0129. The standard InChI is InChI=1S/C12H12N2O3/c1-12(4-5-12)11-13-10(17-14-11)8-6-7(15)2-3-9(8)16/h2-3,6,15-16H,4-5H2,1H3. The molecular formula is C12H12N2O3. The highest BCUT2D eigenvalue weighted by atomic mass is 16.5. The van der Waals surface area contributed by atoms with Crippen LogP contribution in [0.2, 0.25) is 0 Å². The van der Waals surface area contributed by atoms with Crippen LogP contribution in [-0.2, 0) is 5.41 Å². The Hall–Kier alpha value is -2.04. The SMILES string of the molecule is CC1(c2noc(-c3cc(O)ccc3O)n2)CC1. The highest BCUT2D eigenvalue weighted by Crippen LogP contribution is 2.46. The smallest absolute Gasteiger partial charge is 0.261 e. The van der Waals surface area contributed by atoms with Crippen molar-refractivity contribution in [3.05, 3.63) is 24.0 Å². The minimum absolute atomic E-state index is 0.0129. The number of rotatable bonds is 2. The Labute approximate surface area is 97.7 Å². The number of nitrogens with zero attached hydrogens (tertiary/aromatic N) is 2. The van der Waals surface area contributed by atoms with E-state index in [1.165, 1.54) is 18.2 Å². The van der Waals surface area contributed by atoms with Gasteiger partial charge in [-0.05, 0) is 31.0 Å². The van der Waals surface area contributed by atoms with Crippen LogP contribution in [0.5, 0.6) is 11.5 Å². The number of benzene rings is 1. The largest absolute Gasteiger partial charge is 0.508 e. The van der Waals surface area contributed by atoms with Crippen molar-refractivity contribution < 1.29 is 14.7 Å². The first-order chi connectivity index (χ1) is 8.08. The third-order valence-corrected chi connectivity index (χ3v) is 3.18. The molecule has 1 fully saturated rings. The second-order valence-electron chi connectivity index (χ2n) is 4.69. The fraction of sp³-hybridized carbons (Fsp3) is 0.333. The highest BCUT2D eigenvalue weighted by Gasteiger charge is 2.43. The molecule has 5 heteroatoms. The Bertz CT molecular complexity index is 573. The van der Waals surface area contributed by atoms with Gasteiger partial charge < -0.3 is 14.7 Å². The third-order valence-electron chi connectivity index (χ3n) is 3.18. The van der Waals surface area contributed by atoms with E-state index in [0.29, 0.717) is 11.4 Å². The first kappa shape index (κ1) is 10.1. The van der Waals surface area contributed by atoms with Crippen LogP contribution in [0.25, 0.3) is 11.5 Å². The van der Waals surface area contributed by atoms with Crippen molar-refractivity contribution in [2.24, 2.45) is 0 Å². The monoisotopic (exact) mass is 232 g/mol. The van der Waals surface area contributed by atoms with Gasteiger partial charge in [0, 0.05) is 5.41 Å². The van der Waals surface area contributed by atoms with Gasteiger partial charge in [-0.15, -0.1) is 0 Å². The van der Waals surface area contributed by atoms with E-state index in [9.17, 15) is 10.2 Å². The summed E-state index contributed by atoms with van der Waals surface area (Å²) >= 11 is 0. The molecule has 1 aromatic heterocycles. The lowest BCUT2D eigenvalue weighted by molar-refractivity contribution is 0.410. The Morgan fingerprint density at radius 3 is 2.76 bits per heavy atom. The summed E-state index contributed by atoms with van der Waals surface area (Å²) in [5, 5.41) is 23.0. The van der Waals surface area contributed by atoms with Crippen LogP contribution in [0, 0.1) is 0 Å². The van der Waals surface area contributed by atoms with Crippen molar-refractivity contribution in [3.63, 3.8) is 0 Å². The lowest BCUT2D eigenvalue weighted by Gasteiger charge is -2.00. The molecule has 3 rings (SSSR count). The van der Waals surface area contributed by atoms with Crippen LogP contribution >= 0.6 is 0 Å². The van der Waals surface area contributed by atoms with E-state index in [1.54, 1.807) is 0 Å². The molecule has 0 bridgehead atoms. The summed E-state index contributed by atoms with van der Waals surface area (Å²) in [5.41, 5.74) is 0.377. The van der Waals surface area contributed by atoms with E-state index in [0.717, 1.165) is 12.8 Å². The molecule has 0 amide bonds. The quantitative estimate of drug-likeness (QED) is 0.776. The maximum absolute atomic E-state index is 9.68. The maximum Gasteiger partial charge on any atom is 0.261 e. The van der Waals surface area contributed by atoms with Gasteiger partial charge >= 0.3 is 0 Å². The van der Waals surface area contributed by atoms with Crippen LogP contribution < -0.4 is 0 Å². The van der Waals surface area contributed by atoms with Crippen LogP contribution in [-0.4, -0.2) is 20.4 Å². The van der Waals surface area contributed by atoms with Crippen molar-refractivity contribution in [2.75, 3.05) is 0 Å². The van der Waals surface area contributed by atoms with Crippen LogP contribution in [0.4, 0.5) is 0 Å². The molecule has 2 aromatic rings. The van der Waals surface area contributed by atoms with E-state index in [4.69, 9.17) is 4.52 Å². The summed E-state index contributed by atoms with van der Waals surface area (Å²) in [7, 11) is 0. The normalized spacial score (nSPS) is 17.0. The van der Waals surface area contributed by atoms with E-state index >= 15 is 0 Å². The molecule has 1 heterocycles. The van der Waals surface area contributed by atoms with E-state index in [2.05, 4.69) is 17.1 Å². The van der Waals surface area contributed by atoms with Gasteiger partial charge in [0.1, 0.15) is 11.5 Å². The molecule has 0 spiro atoms. The average Bonchev–Trinajstić information content (AvgIpc) is 2.88. The minimum Gasteiger partial charge on any atom is -0.508 e. The van der Waals surface area contributed by atoms with E-state index in [-0.39, 0.29) is 22.8 Å². The molecule has 0 radical (unpaired) electrons. The van der Waals surface area contributed by atoms with Crippen LogP contribution in [0.3, 0.4) is 0 Å². The van der Waals surface area contributed by atoms with Gasteiger partial charge in [0.15, 0.2) is 5.82 Å². The second-order valence-corrected chi connectivity index (χ2v) is 4.69. The number of hydrogen-bond donors (Lipinski definition) is 2. The molecule has 0 saturated heterocycles. The highest BCUT2D eigenvalue weighted by molar-refractivity contribution is 5.64. The molecule has 1 aliphatic carbocycles. The molecule has 0 atom stereocenters. The fourth-order valence-corrected chi connectivity index (χ4v) is 1.68. The molecular weight excluding hydrogens is 220 g/mol. The zero-order chi connectivity index (χ0) is 12.0. The van der Waals surface area contributed by atoms with Gasteiger partial charge in [-0.25, -0.2) is 0 Å². The molecule has 88 valence electrons. The molecule has 1 aliphatic rings. The van der Waals surface area contributed by atoms with Gasteiger partial charge in [0.05, 0.1) is 5.56 Å². The van der Waals surface area contributed by atoms with E-state index < -0.39 is 0 Å². The van der Waals surface area contributed by atoms with Crippen molar-refractivity contribution >= 4 is 0 Å². The average molecular weight is 232 g/mol. The number of aromatic hydroxyl groups is 2. The molecule has 5 nitrogen and oxygen atoms in total. The predicted molar refractivity (Wildman–Crippen MR) is 59.6 cm³/mol. The number of aromatic nitrogens is 2. The van der Waals surface area contributed by atoms with Crippen LogP contribution in [0.1, 0.15) is 25.6 Å². The molecule has 2 N–H and O–H groups in total.